The van der Waals surface area contributed by atoms with Crippen LogP contribution in [0, 0.1) is 6.92 Å². The van der Waals surface area contributed by atoms with Crippen molar-refractivity contribution < 1.29 is 37.0 Å². The van der Waals surface area contributed by atoms with Crippen LogP contribution in [0.15, 0.2) is 106 Å². The third kappa shape index (κ3) is 7.59. The van der Waals surface area contributed by atoms with Crippen molar-refractivity contribution in [1.29, 1.82) is 0 Å². The van der Waals surface area contributed by atoms with Gasteiger partial charge in [-0.05, 0) is 103 Å². The quantitative estimate of drug-likeness (QED) is 0.122. The number of ether oxygens (including phenoxy) is 3. The average molecular weight is 787 g/mol. The third-order valence-electron chi connectivity index (χ3n) is 7.45. The van der Waals surface area contributed by atoms with E-state index >= 15 is 0 Å². The minimum absolute atomic E-state index is 0.0237. The zero-order valence-electron chi connectivity index (χ0n) is 26.8. The first kappa shape index (κ1) is 37.4. The first-order chi connectivity index (χ1) is 24.3. The van der Waals surface area contributed by atoms with Crippen molar-refractivity contribution in [2.75, 3.05) is 23.8 Å². The van der Waals surface area contributed by atoms with Gasteiger partial charge in [0.1, 0.15) is 16.4 Å². The highest BCUT2D eigenvalue weighted by molar-refractivity contribution is 7.93. The van der Waals surface area contributed by atoms with Crippen molar-refractivity contribution in [1.82, 2.24) is 0 Å². The van der Waals surface area contributed by atoms with Crippen molar-refractivity contribution in [3.05, 3.63) is 127 Å². The Morgan fingerprint density at radius 3 is 2.12 bits per heavy atom. The molecule has 0 saturated carbocycles. The molecule has 0 aliphatic carbocycles. The lowest BCUT2D eigenvalue weighted by Gasteiger charge is -2.28. The maximum atomic E-state index is 14.5. The van der Waals surface area contributed by atoms with Crippen LogP contribution < -0.4 is 19.1 Å². The number of benzene rings is 4. The van der Waals surface area contributed by atoms with Gasteiger partial charge in [0, 0.05) is 32.4 Å². The third-order valence-corrected chi connectivity index (χ3v) is 11.0. The van der Waals surface area contributed by atoms with Gasteiger partial charge in [0.2, 0.25) is 6.08 Å². The second-order valence-electron chi connectivity index (χ2n) is 10.6. The van der Waals surface area contributed by atoms with E-state index in [0.29, 0.717) is 41.9 Å². The number of isocyanates is 1. The van der Waals surface area contributed by atoms with Crippen LogP contribution in [0.2, 0.25) is 15.1 Å². The first-order valence-electron chi connectivity index (χ1n) is 14.6. The number of hydrogen-bond donors (Lipinski definition) is 1. The second-order valence-corrected chi connectivity index (χ2v) is 14.5. The van der Waals surface area contributed by atoms with Gasteiger partial charge in [0.15, 0.2) is 0 Å². The fourth-order valence-electron chi connectivity index (χ4n) is 5.14. The van der Waals surface area contributed by atoms with Crippen LogP contribution in [0.1, 0.15) is 16.0 Å². The van der Waals surface area contributed by atoms with Gasteiger partial charge in [-0.15, -0.1) is 11.3 Å². The number of methoxy groups -OCH3 is 2. The first-order valence-corrected chi connectivity index (χ1v) is 18.1. The smallest absolute Gasteiger partial charge is 0.413 e. The number of rotatable bonds is 8. The molecule has 51 heavy (non-hydrogen) atoms. The summed E-state index contributed by atoms with van der Waals surface area (Å²) in [6, 6.07) is 23.0. The molecule has 0 radical (unpaired) electrons. The number of halogens is 3. The predicted octanol–water partition coefficient (Wildman–Crippen LogP) is 8.92. The highest BCUT2D eigenvalue weighted by atomic mass is 35.5. The summed E-state index contributed by atoms with van der Waals surface area (Å²) in [5.41, 5.74) is -0.593. The Kier molecular flexibility index (Phi) is 11.4. The van der Waals surface area contributed by atoms with E-state index in [1.807, 2.05) is 0 Å². The minimum atomic E-state index is -4.62. The Hall–Kier alpha value is -4.88. The van der Waals surface area contributed by atoms with Gasteiger partial charge in [-0.25, -0.2) is 18.0 Å². The molecule has 11 nitrogen and oxygen atoms in total. The van der Waals surface area contributed by atoms with Gasteiger partial charge < -0.3 is 14.2 Å². The standard InChI is InChI=1S/C28H22Cl2N2O7S2.C7H4ClNO/c1-16-12-13-40-25(16)28(39-27(34)31-19-7-4-17(29)5-8-19)21-14-18(30)6-10-22(21)32(26(28)33)41(35,36)24-11-9-20(37-2)15-23(24)38-3;8-6-1-3-7(4-2-6)9-5-10/h4-15H,1-3H3,(H,31,34);1-4H. The van der Waals surface area contributed by atoms with Gasteiger partial charge in [0.05, 0.1) is 30.5 Å². The maximum absolute atomic E-state index is 14.5. The highest BCUT2D eigenvalue weighted by Crippen LogP contribution is 2.52. The van der Waals surface area contributed by atoms with Crippen LogP contribution in [0.25, 0.3) is 0 Å². The number of carbonyl (C=O) groups is 2. The zero-order valence-corrected chi connectivity index (χ0v) is 30.7. The number of aryl methyl sites for hydroxylation is 1. The molecular weight excluding hydrogens is 761 g/mol. The van der Waals surface area contributed by atoms with Crippen molar-refractivity contribution in [2.45, 2.75) is 17.4 Å². The number of hydrogen-bond acceptors (Lipinski definition) is 10. The molecular formula is C35H26Cl3N3O8S2. The fourth-order valence-corrected chi connectivity index (χ4v) is 8.23. The molecule has 16 heteroatoms. The fraction of sp³-hybridized carbons (Fsp3) is 0.114. The molecule has 1 N–H and O–H groups in total. The lowest BCUT2D eigenvalue weighted by Crippen LogP contribution is -2.47. The van der Waals surface area contributed by atoms with Crippen molar-refractivity contribution >= 4 is 91.3 Å². The number of carbonyl (C=O) groups excluding carboxylic acids is 3. The lowest BCUT2D eigenvalue weighted by molar-refractivity contribution is -0.130. The van der Waals surface area contributed by atoms with Crippen LogP contribution >= 0.6 is 46.1 Å². The van der Waals surface area contributed by atoms with Gasteiger partial charge in [0.25, 0.3) is 21.5 Å². The molecule has 5 aromatic rings. The molecule has 0 saturated heterocycles. The summed E-state index contributed by atoms with van der Waals surface area (Å²) in [6.45, 7) is 1.73. The Morgan fingerprint density at radius 2 is 1.53 bits per heavy atom. The summed E-state index contributed by atoms with van der Waals surface area (Å²) in [5.74, 6) is -0.713. The normalized spacial score (nSPS) is 14.8. The molecule has 1 aromatic heterocycles. The van der Waals surface area contributed by atoms with Gasteiger partial charge in [-0.1, -0.05) is 34.8 Å². The Labute approximate surface area is 312 Å². The molecule has 4 aromatic carbocycles. The number of aliphatic imine (C=N–C) groups is 1. The topological polar surface area (TPSA) is 141 Å². The second kappa shape index (κ2) is 15.6. The SMILES string of the molecule is COc1ccc(S(=O)(=O)N2C(=O)C(OC(=O)Nc3ccc(Cl)cc3)(c3sccc3C)c3cc(Cl)ccc32)c(OC)c1.O=C=Nc1ccc(Cl)cc1. The molecule has 2 heterocycles. The molecule has 1 aliphatic heterocycles. The van der Waals surface area contributed by atoms with E-state index in [9.17, 15) is 22.8 Å². The van der Waals surface area contributed by atoms with E-state index < -0.39 is 27.6 Å². The van der Waals surface area contributed by atoms with Gasteiger partial charge in [-0.3, -0.25) is 10.1 Å². The van der Waals surface area contributed by atoms with E-state index in [-0.39, 0.29) is 26.9 Å². The number of thiophene rings is 1. The van der Waals surface area contributed by atoms with E-state index in [1.165, 1.54) is 56.7 Å². The summed E-state index contributed by atoms with van der Waals surface area (Å²) in [6.07, 6.45) is 0.436. The van der Waals surface area contributed by atoms with Crippen LogP contribution in [0.4, 0.5) is 21.9 Å². The molecule has 262 valence electrons. The van der Waals surface area contributed by atoms with Crippen molar-refractivity contribution in [3.8, 4) is 11.5 Å². The van der Waals surface area contributed by atoms with E-state index in [1.54, 1.807) is 66.9 Å². The molecule has 1 aliphatic rings. The van der Waals surface area contributed by atoms with Crippen LogP contribution in [0.5, 0.6) is 11.5 Å². The minimum Gasteiger partial charge on any atom is -0.497 e. The summed E-state index contributed by atoms with van der Waals surface area (Å²) in [7, 11) is -1.89. The number of sulfonamides is 1. The van der Waals surface area contributed by atoms with Crippen LogP contribution in [0.3, 0.4) is 0 Å². The number of amides is 2. The van der Waals surface area contributed by atoms with Crippen LogP contribution in [-0.2, 0) is 30.0 Å². The molecule has 0 bridgehead atoms. The van der Waals surface area contributed by atoms with Gasteiger partial charge >= 0.3 is 6.09 Å². The largest absolute Gasteiger partial charge is 0.497 e. The van der Waals surface area contributed by atoms with E-state index in [4.69, 9.17) is 49.0 Å². The number of fused-ring (bicyclic) bond motifs is 1. The summed E-state index contributed by atoms with van der Waals surface area (Å²) < 4.78 is 45.5. The molecule has 2 amide bonds. The zero-order chi connectivity index (χ0) is 36.9. The highest BCUT2D eigenvalue weighted by Gasteiger charge is 2.60. The number of nitrogens with one attached hydrogen (secondary N) is 1. The van der Waals surface area contributed by atoms with Crippen molar-refractivity contribution in [3.63, 3.8) is 0 Å². The number of nitrogens with zero attached hydrogens (tertiary/aromatic N) is 2. The maximum Gasteiger partial charge on any atom is 0.413 e. The van der Waals surface area contributed by atoms with E-state index in [0.717, 1.165) is 11.3 Å². The van der Waals surface area contributed by atoms with Crippen LogP contribution in [-0.4, -0.2) is 40.7 Å². The van der Waals surface area contributed by atoms with Gasteiger partial charge in [-0.2, -0.15) is 9.30 Å². The summed E-state index contributed by atoms with van der Waals surface area (Å²) in [5, 5.41) is 5.59. The molecule has 0 spiro atoms. The summed E-state index contributed by atoms with van der Waals surface area (Å²) >= 11 is 19.0. The molecule has 6 rings (SSSR count). The monoisotopic (exact) mass is 785 g/mol. The predicted molar refractivity (Wildman–Crippen MR) is 196 cm³/mol. The Balaban J connectivity index is 0.000000435. The average Bonchev–Trinajstić information content (AvgIpc) is 3.65. The molecule has 1 atom stereocenters. The van der Waals surface area contributed by atoms with Crippen molar-refractivity contribution in [2.24, 2.45) is 4.99 Å². The van der Waals surface area contributed by atoms with E-state index in [2.05, 4.69) is 10.3 Å². The molecule has 0 fully saturated rings. The Bertz CT molecular complexity index is 2260. The number of anilines is 2. The Morgan fingerprint density at radius 1 is 0.882 bits per heavy atom. The lowest BCUT2D eigenvalue weighted by atomic mass is 9.91. The summed E-state index contributed by atoms with van der Waals surface area (Å²) in [4.78, 5) is 41.0. The molecule has 1 unspecified atom stereocenters.